The molecule has 0 fully saturated rings. The Bertz CT molecular complexity index is 491. The monoisotopic (exact) mass is 366 g/mol. The molecule has 0 amide bonds. The standard InChI is InChI=1S/C12H6Cl2FI/c13-9-5-1-3-7(11(9)14)8-4-2-6-10(16)12(8)15/h1-6H. The lowest BCUT2D eigenvalue weighted by molar-refractivity contribution is 0.624. The zero-order valence-electron chi connectivity index (χ0n) is 7.98. The Morgan fingerprint density at radius 2 is 1.56 bits per heavy atom. The van der Waals surface area contributed by atoms with E-state index in [9.17, 15) is 4.39 Å². The lowest BCUT2D eigenvalue weighted by Crippen LogP contribution is -1.89. The van der Waals surface area contributed by atoms with E-state index in [1.54, 1.807) is 36.4 Å². The molecule has 2 rings (SSSR count). The molecule has 0 spiro atoms. The highest BCUT2D eigenvalue weighted by Gasteiger charge is 2.12. The van der Waals surface area contributed by atoms with E-state index in [1.807, 2.05) is 22.6 Å². The van der Waals surface area contributed by atoms with Crippen LogP contribution in [0.5, 0.6) is 0 Å². The van der Waals surface area contributed by atoms with Crippen LogP contribution < -0.4 is 0 Å². The van der Waals surface area contributed by atoms with Crippen LogP contribution in [0.25, 0.3) is 11.1 Å². The van der Waals surface area contributed by atoms with Crippen LogP contribution in [0, 0.1) is 9.39 Å². The van der Waals surface area contributed by atoms with Gasteiger partial charge in [0.2, 0.25) is 0 Å². The molecule has 16 heavy (non-hydrogen) atoms. The molecule has 0 N–H and O–H groups in total. The van der Waals surface area contributed by atoms with E-state index in [0.717, 1.165) is 0 Å². The van der Waals surface area contributed by atoms with Crippen LogP contribution in [-0.4, -0.2) is 0 Å². The molecule has 0 atom stereocenters. The van der Waals surface area contributed by atoms with Crippen LogP contribution in [-0.2, 0) is 0 Å². The molecule has 0 unspecified atom stereocenters. The van der Waals surface area contributed by atoms with Crippen molar-refractivity contribution in [2.24, 2.45) is 0 Å². The maximum Gasteiger partial charge on any atom is 0.144 e. The predicted molar refractivity (Wildman–Crippen MR) is 74.6 cm³/mol. The molecule has 2 aromatic carbocycles. The van der Waals surface area contributed by atoms with Gasteiger partial charge in [-0.1, -0.05) is 47.5 Å². The molecule has 0 nitrogen and oxygen atoms in total. The van der Waals surface area contributed by atoms with Gasteiger partial charge in [-0.25, -0.2) is 4.39 Å². The molecular weight excluding hydrogens is 361 g/mol. The normalized spacial score (nSPS) is 10.5. The van der Waals surface area contributed by atoms with E-state index in [0.29, 0.717) is 24.7 Å². The van der Waals surface area contributed by atoms with Crippen LogP contribution in [0.1, 0.15) is 0 Å². The maximum atomic E-state index is 13.9. The molecule has 0 aliphatic heterocycles. The lowest BCUT2D eigenvalue weighted by Gasteiger charge is -2.08. The Kier molecular flexibility index (Phi) is 3.72. The molecule has 0 bridgehead atoms. The molecule has 0 aliphatic carbocycles. The highest BCUT2D eigenvalue weighted by atomic mass is 127. The van der Waals surface area contributed by atoms with Crippen molar-refractivity contribution in [2.75, 3.05) is 0 Å². The molecule has 0 saturated heterocycles. The molecule has 0 saturated carbocycles. The van der Waals surface area contributed by atoms with E-state index in [-0.39, 0.29) is 5.82 Å². The molecule has 0 aromatic heterocycles. The second-order valence-corrected chi connectivity index (χ2v) is 5.15. The summed E-state index contributed by atoms with van der Waals surface area (Å²) >= 11 is 13.9. The summed E-state index contributed by atoms with van der Waals surface area (Å²) in [7, 11) is 0. The first-order valence-electron chi connectivity index (χ1n) is 4.49. The lowest BCUT2D eigenvalue weighted by atomic mass is 10.1. The summed E-state index contributed by atoms with van der Waals surface area (Å²) in [5.74, 6) is -0.271. The summed E-state index contributed by atoms with van der Waals surface area (Å²) in [6, 6.07) is 10.4. The Hall–Kier alpha value is -0.320. The zero-order valence-corrected chi connectivity index (χ0v) is 11.6. The van der Waals surface area contributed by atoms with Gasteiger partial charge in [0.25, 0.3) is 0 Å². The van der Waals surface area contributed by atoms with E-state index in [4.69, 9.17) is 23.2 Å². The van der Waals surface area contributed by atoms with Crippen molar-refractivity contribution in [1.29, 1.82) is 0 Å². The smallest absolute Gasteiger partial charge is 0.144 e. The van der Waals surface area contributed by atoms with Crippen LogP contribution in [0.4, 0.5) is 4.39 Å². The molecular formula is C12H6Cl2FI. The summed E-state index contributed by atoms with van der Waals surface area (Å²) < 4.78 is 14.5. The summed E-state index contributed by atoms with van der Waals surface area (Å²) in [6.07, 6.45) is 0. The van der Waals surface area contributed by atoms with Gasteiger partial charge in [0.1, 0.15) is 5.82 Å². The minimum atomic E-state index is -0.271. The van der Waals surface area contributed by atoms with Crippen molar-refractivity contribution < 1.29 is 4.39 Å². The van der Waals surface area contributed by atoms with Crippen LogP contribution in [0.15, 0.2) is 36.4 Å². The molecule has 0 heterocycles. The van der Waals surface area contributed by atoms with Crippen molar-refractivity contribution in [1.82, 2.24) is 0 Å². The number of halogens is 4. The Labute approximate surface area is 117 Å². The SMILES string of the molecule is Fc1c(I)cccc1-c1cccc(Cl)c1Cl. The van der Waals surface area contributed by atoms with Gasteiger partial charge >= 0.3 is 0 Å². The molecule has 0 aliphatic rings. The van der Waals surface area contributed by atoms with Gasteiger partial charge in [-0.05, 0) is 34.7 Å². The largest absolute Gasteiger partial charge is 0.205 e. The van der Waals surface area contributed by atoms with E-state index >= 15 is 0 Å². The first-order chi connectivity index (χ1) is 7.61. The zero-order chi connectivity index (χ0) is 11.7. The Balaban J connectivity index is 2.68. The highest BCUT2D eigenvalue weighted by Crippen LogP contribution is 2.35. The van der Waals surface area contributed by atoms with Crippen molar-refractivity contribution in [3.8, 4) is 11.1 Å². The third-order valence-corrected chi connectivity index (χ3v) is 3.85. The quantitative estimate of drug-likeness (QED) is 0.592. The summed E-state index contributed by atoms with van der Waals surface area (Å²) in [5, 5.41) is 0.808. The van der Waals surface area contributed by atoms with Gasteiger partial charge in [-0.2, -0.15) is 0 Å². The molecule has 4 heteroatoms. The average molecular weight is 367 g/mol. The first kappa shape index (κ1) is 12.1. The fourth-order valence-electron chi connectivity index (χ4n) is 1.42. The van der Waals surface area contributed by atoms with Crippen LogP contribution in [0.2, 0.25) is 10.0 Å². The van der Waals surface area contributed by atoms with Crippen molar-refractivity contribution in [2.45, 2.75) is 0 Å². The first-order valence-corrected chi connectivity index (χ1v) is 6.33. The predicted octanol–water partition coefficient (Wildman–Crippen LogP) is 5.40. The molecule has 0 radical (unpaired) electrons. The number of rotatable bonds is 1. The van der Waals surface area contributed by atoms with Gasteiger partial charge in [0.15, 0.2) is 0 Å². The van der Waals surface area contributed by atoms with E-state index < -0.39 is 0 Å². The highest BCUT2D eigenvalue weighted by molar-refractivity contribution is 14.1. The topological polar surface area (TPSA) is 0 Å². The van der Waals surface area contributed by atoms with E-state index in [1.165, 1.54) is 0 Å². The third-order valence-electron chi connectivity index (χ3n) is 2.19. The van der Waals surface area contributed by atoms with Gasteiger partial charge in [-0.3, -0.25) is 0 Å². The Morgan fingerprint density at radius 3 is 2.31 bits per heavy atom. The maximum absolute atomic E-state index is 13.9. The fourth-order valence-corrected chi connectivity index (χ4v) is 2.32. The second-order valence-electron chi connectivity index (χ2n) is 3.20. The number of hydrogen-bond donors (Lipinski definition) is 0. The minimum absolute atomic E-state index is 0.271. The Morgan fingerprint density at radius 1 is 0.938 bits per heavy atom. The van der Waals surface area contributed by atoms with Crippen molar-refractivity contribution >= 4 is 45.8 Å². The van der Waals surface area contributed by atoms with Crippen molar-refractivity contribution in [3.05, 3.63) is 55.8 Å². The minimum Gasteiger partial charge on any atom is -0.205 e. The van der Waals surface area contributed by atoms with Gasteiger partial charge in [0, 0.05) is 14.7 Å². The number of hydrogen-bond acceptors (Lipinski definition) is 0. The average Bonchev–Trinajstić information content (AvgIpc) is 2.27. The van der Waals surface area contributed by atoms with Gasteiger partial charge in [-0.15, -0.1) is 0 Å². The number of benzene rings is 2. The van der Waals surface area contributed by atoms with E-state index in [2.05, 4.69) is 0 Å². The van der Waals surface area contributed by atoms with Crippen molar-refractivity contribution in [3.63, 3.8) is 0 Å². The summed E-state index contributed by atoms with van der Waals surface area (Å²) in [5.41, 5.74) is 1.09. The van der Waals surface area contributed by atoms with Crippen LogP contribution in [0.3, 0.4) is 0 Å². The molecule has 2 aromatic rings. The third kappa shape index (κ3) is 2.19. The second kappa shape index (κ2) is 4.90. The fraction of sp³-hybridized carbons (Fsp3) is 0. The summed E-state index contributed by atoms with van der Waals surface area (Å²) in [4.78, 5) is 0. The van der Waals surface area contributed by atoms with Crippen LogP contribution >= 0.6 is 45.8 Å². The molecule has 82 valence electrons. The van der Waals surface area contributed by atoms with Gasteiger partial charge < -0.3 is 0 Å². The summed E-state index contributed by atoms with van der Waals surface area (Å²) in [6.45, 7) is 0. The van der Waals surface area contributed by atoms with Gasteiger partial charge in [0.05, 0.1) is 10.0 Å².